The second kappa shape index (κ2) is 5.55. The lowest BCUT2D eigenvalue weighted by Crippen LogP contribution is -2.46. The number of benzene rings is 1. The van der Waals surface area contributed by atoms with E-state index in [4.69, 9.17) is 9.57 Å². The minimum absolute atomic E-state index is 0.0185. The minimum atomic E-state index is -0.424. The van der Waals surface area contributed by atoms with Crippen LogP contribution >= 0.6 is 11.8 Å². The second-order valence-electron chi connectivity index (χ2n) is 6.43. The highest BCUT2D eigenvalue weighted by Crippen LogP contribution is 2.55. The zero-order chi connectivity index (χ0) is 15.2. The molecule has 0 aromatic heterocycles. The number of hydroxylamine groups is 2. The van der Waals surface area contributed by atoms with Gasteiger partial charge in [0.1, 0.15) is 0 Å². The largest absolute Gasteiger partial charge is 0.467 e. The Morgan fingerprint density at radius 1 is 1.41 bits per heavy atom. The maximum absolute atomic E-state index is 11.9. The number of carbonyl (C=O) groups excluding carboxylic acids is 1. The molecule has 1 spiro atoms. The Kier molecular flexibility index (Phi) is 3.67. The van der Waals surface area contributed by atoms with Gasteiger partial charge < -0.3 is 4.74 Å². The molecule has 0 radical (unpaired) electrons. The molecule has 3 saturated heterocycles. The Balaban J connectivity index is 1.64. The number of nitrogens with zero attached hydrogens (tertiary/aromatic N) is 1. The lowest BCUT2D eigenvalue weighted by Gasteiger charge is -2.39. The Morgan fingerprint density at radius 3 is 3.00 bits per heavy atom. The molecule has 0 aliphatic carbocycles. The fraction of sp³-hybridized carbons (Fsp3) is 0.588. The highest BCUT2D eigenvalue weighted by atomic mass is 32.2. The molecule has 4 rings (SSSR count). The van der Waals surface area contributed by atoms with Gasteiger partial charge in [0, 0.05) is 18.9 Å². The van der Waals surface area contributed by atoms with Crippen molar-refractivity contribution in [2.45, 2.75) is 30.4 Å². The molecule has 3 fully saturated rings. The van der Waals surface area contributed by atoms with Crippen LogP contribution in [0.4, 0.5) is 0 Å². The summed E-state index contributed by atoms with van der Waals surface area (Å²) in [5.41, 5.74) is 1.41. The number of rotatable bonds is 2. The topological polar surface area (TPSA) is 38.8 Å². The maximum Gasteiger partial charge on any atom is 0.337 e. The van der Waals surface area contributed by atoms with Gasteiger partial charge in [-0.3, -0.25) is 4.84 Å². The highest BCUT2D eigenvalue weighted by molar-refractivity contribution is 7.99. The highest BCUT2D eigenvalue weighted by Gasteiger charge is 2.61. The molecule has 1 unspecified atom stereocenters. The molecule has 118 valence electrons. The van der Waals surface area contributed by atoms with Gasteiger partial charge in [0.15, 0.2) is 6.10 Å². The number of thioether (sulfide) groups is 1. The first-order valence-electron chi connectivity index (χ1n) is 7.89. The van der Waals surface area contributed by atoms with Crippen LogP contribution in [0, 0.1) is 5.92 Å². The summed E-state index contributed by atoms with van der Waals surface area (Å²) in [5.74, 6) is 3.09. The van der Waals surface area contributed by atoms with Gasteiger partial charge in [-0.1, -0.05) is 30.3 Å². The zero-order valence-electron chi connectivity index (χ0n) is 12.7. The molecule has 1 aromatic carbocycles. The van der Waals surface area contributed by atoms with Gasteiger partial charge in [-0.05, 0) is 29.4 Å². The lowest BCUT2D eigenvalue weighted by molar-refractivity contribution is -0.192. The molecular weight excluding hydrogens is 298 g/mol. The van der Waals surface area contributed by atoms with Crippen molar-refractivity contribution < 1.29 is 14.4 Å². The van der Waals surface area contributed by atoms with Crippen molar-refractivity contribution in [1.29, 1.82) is 0 Å². The second-order valence-corrected chi connectivity index (χ2v) is 7.58. The molecular formula is C17H21NO3S. The van der Waals surface area contributed by atoms with Gasteiger partial charge in [0.2, 0.25) is 0 Å². The molecule has 0 amide bonds. The SMILES string of the molecule is COC(=O)C1C[C@]23CCSC[C@H]2[C@H](c2ccccc2)CN3O1. The fourth-order valence-electron chi connectivity index (χ4n) is 4.40. The summed E-state index contributed by atoms with van der Waals surface area (Å²) in [5, 5.41) is 2.12. The lowest BCUT2D eigenvalue weighted by atomic mass is 9.74. The van der Waals surface area contributed by atoms with E-state index in [1.54, 1.807) is 0 Å². The van der Waals surface area contributed by atoms with Gasteiger partial charge in [-0.25, -0.2) is 4.79 Å². The van der Waals surface area contributed by atoms with E-state index in [9.17, 15) is 4.79 Å². The third-order valence-electron chi connectivity index (χ3n) is 5.50. The monoisotopic (exact) mass is 319 g/mol. The van der Waals surface area contributed by atoms with Gasteiger partial charge in [0.05, 0.1) is 12.6 Å². The van der Waals surface area contributed by atoms with Gasteiger partial charge in [-0.2, -0.15) is 16.8 Å². The smallest absolute Gasteiger partial charge is 0.337 e. The Labute approximate surface area is 135 Å². The van der Waals surface area contributed by atoms with Crippen molar-refractivity contribution in [3.8, 4) is 0 Å². The molecule has 22 heavy (non-hydrogen) atoms. The third-order valence-corrected chi connectivity index (χ3v) is 6.58. The number of methoxy groups -OCH3 is 1. The summed E-state index contributed by atoms with van der Waals surface area (Å²) in [6.07, 6.45) is 1.44. The first-order chi connectivity index (χ1) is 10.7. The quantitative estimate of drug-likeness (QED) is 0.783. The van der Waals surface area contributed by atoms with Gasteiger partial charge >= 0.3 is 5.97 Å². The molecule has 3 heterocycles. The summed E-state index contributed by atoms with van der Waals surface area (Å²) in [7, 11) is 1.44. The van der Waals surface area contributed by atoms with Crippen LogP contribution in [0.25, 0.3) is 0 Å². The van der Waals surface area contributed by atoms with Crippen molar-refractivity contribution in [1.82, 2.24) is 5.06 Å². The van der Waals surface area contributed by atoms with Crippen LogP contribution in [0.5, 0.6) is 0 Å². The maximum atomic E-state index is 11.9. The molecule has 0 saturated carbocycles. The van der Waals surface area contributed by atoms with Gasteiger partial charge in [-0.15, -0.1) is 0 Å². The van der Waals surface area contributed by atoms with Crippen LogP contribution in [0.2, 0.25) is 0 Å². The summed E-state index contributed by atoms with van der Waals surface area (Å²) in [4.78, 5) is 17.9. The predicted octanol–water partition coefficient (Wildman–Crippen LogP) is 2.45. The molecule has 3 aliphatic heterocycles. The molecule has 0 N–H and O–H groups in total. The van der Waals surface area contributed by atoms with Crippen LogP contribution in [0.15, 0.2) is 30.3 Å². The van der Waals surface area contributed by atoms with Crippen LogP contribution in [0.3, 0.4) is 0 Å². The van der Waals surface area contributed by atoms with Crippen molar-refractivity contribution in [3.05, 3.63) is 35.9 Å². The Hall–Kier alpha value is -1.04. The van der Waals surface area contributed by atoms with E-state index < -0.39 is 6.10 Å². The summed E-state index contributed by atoms with van der Waals surface area (Å²) in [6.45, 7) is 0.878. The number of ether oxygens (including phenoxy) is 1. The average molecular weight is 319 g/mol. The van der Waals surface area contributed by atoms with E-state index in [2.05, 4.69) is 35.4 Å². The van der Waals surface area contributed by atoms with Gasteiger partial charge in [0.25, 0.3) is 0 Å². The number of hydrogen-bond acceptors (Lipinski definition) is 5. The Bertz CT molecular complexity index is 566. The number of carbonyl (C=O) groups is 1. The van der Waals surface area contributed by atoms with E-state index in [-0.39, 0.29) is 11.5 Å². The molecule has 4 nitrogen and oxygen atoms in total. The van der Waals surface area contributed by atoms with Crippen LogP contribution in [0.1, 0.15) is 24.3 Å². The third kappa shape index (κ3) is 2.10. The summed E-state index contributed by atoms with van der Waals surface area (Å²) in [6, 6.07) is 10.7. The van der Waals surface area contributed by atoms with Crippen LogP contribution in [-0.2, 0) is 14.4 Å². The fourth-order valence-corrected chi connectivity index (χ4v) is 5.86. The number of hydrogen-bond donors (Lipinski definition) is 0. The Morgan fingerprint density at radius 2 is 2.23 bits per heavy atom. The van der Waals surface area contributed by atoms with Crippen molar-refractivity contribution in [2.24, 2.45) is 5.92 Å². The minimum Gasteiger partial charge on any atom is -0.467 e. The van der Waals surface area contributed by atoms with E-state index in [1.165, 1.54) is 12.7 Å². The standard InChI is InChI=1S/C17H21NO3S/c1-20-16(19)15-9-17-7-8-22-11-14(17)13(10-18(17)21-15)12-5-3-2-4-6-12/h2-6,13-15H,7-11H2,1H3/t13-,14-,15?,17+/m0/s1. The molecule has 1 aromatic rings. The van der Waals surface area contributed by atoms with E-state index in [0.29, 0.717) is 11.8 Å². The first-order valence-corrected chi connectivity index (χ1v) is 9.05. The van der Waals surface area contributed by atoms with E-state index in [1.807, 2.05) is 11.8 Å². The molecule has 4 atom stereocenters. The predicted molar refractivity (Wildman–Crippen MR) is 85.6 cm³/mol. The van der Waals surface area contributed by atoms with Crippen molar-refractivity contribution in [3.63, 3.8) is 0 Å². The van der Waals surface area contributed by atoms with Crippen LogP contribution in [-0.4, -0.2) is 47.8 Å². The summed E-state index contributed by atoms with van der Waals surface area (Å²) >= 11 is 2.03. The molecule has 5 heteroatoms. The molecule has 0 bridgehead atoms. The van der Waals surface area contributed by atoms with Crippen molar-refractivity contribution >= 4 is 17.7 Å². The first kappa shape index (κ1) is 14.5. The normalized spacial score (nSPS) is 37.6. The van der Waals surface area contributed by atoms with Crippen molar-refractivity contribution in [2.75, 3.05) is 25.2 Å². The summed E-state index contributed by atoms with van der Waals surface area (Å²) < 4.78 is 4.89. The van der Waals surface area contributed by atoms with E-state index >= 15 is 0 Å². The molecule has 3 aliphatic rings. The van der Waals surface area contributed by atoms with Crippen LogP contribution < -0.4 is 0 Å². The number of esters is 1. The van der Waals surface area contributed by atoms with E-state index in [0.717, 1.165) is 30.9 Å². The average Bonchev–Trinajstić information content (AvgIpc) is 3.06. The zero-order valence-corrected chi connectivity index (χ0v) is 13.6.